The highest BCUT2D eigenvalue weighted by molar-refractivity contribution is 6.32. The first-order valence-electron chi connectivity index (χ1n) is 9.11. The molecule has 0 spiro atoms. The second kappa shape index (κ2) is 8.79. The highest BCUT2D eigenvalue weighted by atomic mass is 35.5. The number of nitrogens with one attached hydrogen (secondary N) is 2. The molecule has 2 N–H and O–H groups in total. The standard InChI is InChI=1S/C21H18ClN5O3/c1-29-18-6-5-13(8-16(18)22)10-24-17-9-19(28)26-20-15(17)11-25-21(27-20)30-12-14-4-2-3-7-23-14/h2-9,11H,10,12H2,1H3,(H2,24,25,26,27,28). The third-order valence-corrected chi connectivity index (χ3v) is 4.64. The van der Waals surface area contributed by atoms with Crippen LogP contribution in [0.5, 0.6) is 11.8 Å². The predicted molar refractivity (Wildman–Crippen MR) is 114 cm³/mol. The van der Waals surface area contributed by atoms with Crippen molar-refractivity contribution in [3.8, 4) is 11.8 Å². The summed E-state index contributed by atoms with van der Waals surface area (Å²) in [5.41, 5.74) is 2.39. The highest BCUT2D eigenvalue weighted by Gasteiger charge is 2.09. The van der Waals surface area contributed by atoms with Crippen molar-refractivity contribution in [3.63, 3.8) is 0 Å². The Bertz CT molecular complexity index is 1230. The van der Waals surface area contributed by atoms with E-state index in [2.05, 4.69) is 25.3 Å². The lowest BCUT2D eigenvalue weighted by Crippen LogP contribution is -2.10. The summed E-state index contributed by atoms with van der Waals surface area (Å²) < 4.78 is 10.8. The average Bonchev–Trinajstić information content (AvgIpc) is 2.76. The Labute approximate surface area is 176 Å². The molecule has 0 saturated heterocycles. The smallest absolute Gasteiger partial charge is 0.318 e. The van der Waals surface area contributed by atoms with Crippen molar-refractivity contribution in [2.75, 3.05) is 12.4 Å². The molecule has 3 aromatic heterocycles. The Balaban J connectivity index is 1.53. The van der Waals surface area contributed by atoms with Crippen molar-refractivity contribution in [3.05, 3.63) is 81.5 Å². The topological polar surface area (TPSA) is 102 Å². The molecule has 0 unspecified atom stereocenters. The summed E-state index contributed by atoms with van der Waals surface area (Å²) in [5, 5.41) is 4.42. The fourth-order valence-corrected chi connectivity index (χ4v) is 3.15. The zero-order valence-corrected chi connectivity index (χ0v) is 16.8. The van der Waals surface area contributed by atoms with Crippen LogP contribution >= 0.6 is 11.6 Å². The maximum atomic E-state index is 12.1. The molecule has 0 aliphatic carbocycles. The molecule has 0 amide bonds. The summed E-state index contributed by atoms with van der Waals surface area (Å²) in [5.74, 6) is 0.605. The number of H-pyrrole nitrogens is 1. The summed E-state index contributed by atoms with van der Waals surface area (Å²) in [6, 6.07) is 12.7. The van der Waals surface area contributed by atoms with Gasteiger partial charge in [0.2, 0.25) is 0 Å². The molecular formula is C21H18ClN5O3. The zero-order valence-electron chi connectivity index (χ0n) is 16.1. The van der Waals surface area contributed by atoms with Crippen molar-refractivity contribution in [1.29, 1.82) is 0 Å². The highest BCUT2D eigenvalue weighted by Crippen LogP contribution is 2.26. The maximum Gasteiger partial charge on any atom is 0.318 e. The van der Waals surface area contributed by atoms with Crippen LogP contribution in [-0.2, 0) is 13.2 Å². The second-order valence-electron chi connectivity index (χ2n) is 6.39. The molecule has 0 aliphatic rings. The molecule has 0 bridgehead atoms. The third kappa shape index (κ3) is 4.49. The Morgan fingerprint density at radius 1 is 1.17 bits per heavy atom. The van der Waals surface area contributed by atoms with E-state index in [1.807, 2.05) is 30.3 Å². The lowest BCUT2D eigenvalue weighted by Gasteiger charge is -2.11. The number of benzene rings is 1. The van der Waals surface area contributed by atoms with Crippen LogP contribution in [0.4, 0.5) is 5.69 Å². The number of nitrogens with zero attached hydrogens (tertiary/aromatic N) is 3. The number of rotatable bonds is 7. The van der Waals surface area contributed by atoms with E-state index in [1.54, 1.807) is 25.6 Å². The van der Waals surface area contributed by atoms with Gasteiger partial charge in [-0.2, -0.15) is 4.98 Å². The van der Waals surface area contributed by atoms with Gasteiger partial charge in [0.25, 0.3) is 5.56 Å². The Hall–Kier alpha value is -3.65. The van der Waals surface area contributed by atoms with E-state index in [0.717, 1.165) is 11.3 Å². The molecule has 30 heavy (non-hydrogen) atoms. The van der Waals surface area contributed by atoms with E-state index in [-0.39, 0.29) is 18.2 Å². The van der Waals surface area contributed by atoms with Crippen LogP contribution in [0.15, 0.2) is 59.7 Å². The quantitative estimate of drug-likeness (QED) is 0.468. The first-order valence-corrected chi connectivity index (χ1v) is 9.49. The first-order chi connectivity index (χ1) is 14.6. The Morgan fingerprint density at radius 3 is 2.83 bits per heavy atom. The molecule has 0 aliphatic heterocycles. The summed E-state index contributed by atoms with van der Waals surface area (Å²) in [6.45, 7) is 0.687. The Kier molecular flexibility index (Phi) is 5.76. The summed E-state index contributed by atoms with van der Waals surface area (Å²) in [4.78, 5) is 27.6. The number of methoxy groups -OCH3 is 1. The fourth-order valence-electron chi connectivity index (χ4n) is 2.87. The average molecular weight is 424 g/mol. The van der Waals surface area contributed by atoms with E-state index in [9.17, 15) is 4.79 Å². The molecule has 0 saturated carbocycles. The van der Waals surface area contributed by atoms with Crippen LogP contribution in [0.1, 0.15) is 11.3 Å². The summed E-state index contributed by atoms with van der Waals surface area (Å²) >= 11 is 6.18. The molecule has 152 valence electrons. The first kappa shape index (κ1) is 19.7. The SMILES string of the molecule is COc1ccc(CNc2cc(=O)[nH]c3nc(OCc4ccccn4)ncc23)cc1Cl. The fraction of sp³-hybridized carbons (Fsp3) is 0.143. The minimum absolute atomic E-state index is 0.155. The van der Waals surface area contributed by atoms with Crippen LogP contribution in [0.3, 0.4) is 0 Å². The molecular weight excluding hydrogens is 406 g/mol. The maximum absolute atomic E-state index is 12.1. The van der Waals surface area contributed by atoms with Crippen molar-refractivity contribution < 1.29 is 9.47 Å². The molecule has 3 heterocycles. The van der Waals surface area contributed by atoms with E-state index < -0.39 is 0 Å². The number of aromatic amines is 1. The van der Waals surface area contributed by atoms with Gasteiger partial charge in [-0.3, -0.25) is 9.78 Å². The van der Waals surface area contributed by atoms with E-state index in [4.69, 9.17) is 21.1 Å². The Morgan fingerprint density at radius 2 is 2.07 bits per heavy atom. The largest absolute Gasteiger partial charge is 0.495 e. The van der Waals surface area contributed by atoms with Gasteiger partial charge in [0.1, 0.15) is 18.0 Å². The monoisotopic (exact) mass is 423 g/mol. The van der Waals surface area contributed by atoms with Gasteiger partial charge in [-0.1, -0.05) is 23.7 Å². The predicted octanol–water partition coefficient (Wildman–Crippen LogP) is 3.57. The van der Waals surface area contributed by atoms with Gasteiger partial charge in [0.15, 0.2) is 0 Å². The molecule has 8 nitrogen and oxygen atoms in total. The van der Waals surface area contributed by atoms with E-state index >= 15 is 0 Å². The molecule has 4 rings (SSSR count). The summed E-state index contributed by atoms with van der Waals surface area (Å²) in [6.07, 6.45) is 3.29. The van der Waals surface area contributed by atoms with Crippen molar-refractivity contribution >= 4 is 28.3 Å². The zero-order chi connectivity index (χ0) is 20.9. The lowest BCUT2D eigenvalue weighted by molar-refractivity contribution is 0.277. The van der Waals surface area contributed by atoms with Gasteiger partial charge < -0.3 is 19.8 Å². The number of halogens is 1. The number of ether oxygens (including phenoxy) is 2. The second-order valence-corrected chi connectivity index (χ2v) is 6.80. The van der Waals surface area contributed by atoms with Crippen LogP contribution in [0.2, 0.25) is 5.02 Å². The third-order valence-electron chi connectivity index (χ3n) is 4.35. The van der Waals surface area contributed by atoms with Crippen molar-refractivity contribution in [1.82, 2.24) is 19.9 Å². The number of aromatic nitrogens is 4. The van der Waals surface area contributed by atoms with Crippen LogP contribution in [-0.4, -0.2) is 27.0 Å². The van der Waals surface area contributed by atoms with Gasteiger partial charge >= 0.3 is 6.01 Å². The van der Waals surface area contributed by atoms with Crippen molar-refractivity contribution in [2.45, 2.75) is 13.2 Å². The minimum atomic E-state index is -0.285. The number of fused-ring (bicyclic) bond motifs is 1. The van der Waals surface area contributed by atoms with E-state index in [1.165, 1.54) is 6.07 Å². The van der Waals surface area contributed by atoms with Crippen molar-refractivity contribution in [2.24, 2.45) is 0 Å². The number of pyridine rings is 2. The molecule has 4 aromatic rings. The van der Waals surface area contributed by atoms with Gasteiger partial charge in [-0.05, 0) is 29.8 Å². The number of hydrogen-bond acceptors (Lipinski definition) is 7. The van der Waals surface area contributed by atoms with Crippen LogP contribution < -0.4 is 20.3 Å². The van der Waals surface area contributed by atoms with Crippen LogP contribution in [0, 0.1) is 0 Å². The normalized spacial score (nSPS) is 10.7. The molecule has 0 fully saturated rings. The molecule has 0 radical (unpaired) electrons. The minimum Gasteiger partial charge on any atom is -0.495 e. The van der Waals surface area contributed by atoms with Gasteiger partial charge in [-0.25, -0.2) is 4.98 Å². The molecule has 9 heteroatoms. The van der Waals surface area contributed by atoms with Gasteiger partial charge in [0, 0.05) is 25.0 Å². The number of anilines is 1. The molecule has 0 atom stereocenters. The van der Waals surface area contributed by atoms with E-state index in [0.29, 0.717) is 34.0 Å². The lowest BCUT2D eigenvalue weighted by atomic mass is 10.2. The van der Waals surface area contributed by atoms with Crippen LogP contribution in [0.25, 0.3) is 11.0 Å². The van der Waals surface area contributed by atoms with Gasteiger partial charge in [-0.15, -0.1) is 0 Å². The molecule has 1 aromatic carbocycles. The van der Waals surface area contributed by atoms with Gasteiger partial charge in [0.05, 0.1) is 28.9 Å². The summed E-state index contributed by atoms with van der Waals surface area (Å²) in [7, 11) is 1.57. The number of hydrogen-bond donors (Lipinski definition) is 2.